The third-order valence-electron chi connectivity index (χ3n) is 5.47. The lowest BCUT2D eigenvalue weighted by Crippen LogP contribution is -2.51. The molecule has 0 saturated carbocycles. The van der Waals surface area contributed by atoms with E-state index in [9.17, 15) is 9.59 Å². The second-order valence-electron chi connectivity index (χ2n) is 8.10. The summed E-state index contributed by atoms with van der Waals surface area (Å²) in [6.45, 7) is 8.91. The molecule has 2 fully saturated rings. The van der Waals surface area contributed by atoms with E-state index in [1.165, 1.54) is 0 Å². The van der Waals surface area contributed by atoms with Gasteiger partial charge in [-0.15, -0.1) is 0 Å². The lowest BCUT2D eigenvalue weighted by Gasteiger charge is -2.34. The smallest absolute Gasteiger partial charge is 0.246 e. The SMILES string of the molecule is COc1cc(/C=C/C(=O)N2CCN(CC(=O)N3CCCC3)CC2)ccc1OC(C)C. The molecule has 0 atom stereocenters. The average molecular weight is 416 g/mol. The number of nitrogens with zero attached hydrogens (tertiary/aromatic N) is 3. The van der Waals surface area contributed by atoms with E-state index in [1.807, 2.05) is 41.8 Å². The van der Waals surface area contributed by atoms with E-state index in [-0.39, 0.29) is 17.9 Å². The van der Waals surface area contributed by atoms with Crippen molar-refractivity contribution in [2.24, 2.45) is 0 Å². The number of carbonyl (C=O) groups is 2. The number of benzene rings is 1. The molecule has 0 bridgehead atoms. The van der Waals surface area contributed by atoms with Crippen molar-refractivity contribution in [1.29, 1.82) is 0 Å². The number of methoxy groups -OCH3 is 1. The van der Waals surface area contributed by atoms with Crippen molar-refractivity contribution in [3.05, 3.63) is 29.8 Å². The van der Waals surface area contributed by atoms with Crippen LogP contribution in [0.1, 0.15) is 32.3 Å². The van der Waals surface area contributed by atoms with Gasteiger partial charge >= 0.3 is 0 Å². The number of hydrogen-bond acceptors (Lipinski definition) is 5. The Balaban J connectivity index is 1.49. The highest BCUT2D eigenvalue weighted by molar-refractivity contribution is 5.92. The van der Waals surface area contributed by atoms with E-state index in [1.54, 1.807) is 19.3 Å². The van der Waals surface area contributed by atoms with Crippen molar-refractivity contribution >= 4 is 17.9 Å². The molecule has 0 unspecified atom stereocenters. The number of likely N-dealkylation sites (tertiary alicyclic amines) is 1. The topological polar surface area (TPSA) is 62.3 Å². The maximum atomic E-state index is 12.6. The molecule has 0 aromatic heterocycles. The van der Waals surface area contributed by atoms with Crippen molar-refractivity contribution in [3.8, 4) is 11.5 Å². The quantitative estimate of drug-likeness (QED) is 0.640. The Labute approximate surface area is 179 Å². The van der Waals surface area contributed by atoms with Crippen LogP contribution >= 0.6 is 0 Å². The van der Waals surface area contributed by atoms with E-state index in [2.05, 4.69) is 4.90 Å². The number of carbonyl (C=O) groups excluding carboxylic acids is 2. The van der Waals surface area contributed by atoms with E-state index in [0.29, 0.717) is 31.1 Å². The van der Waals surface area contributed by atoms with Crippen LogP contribution in [0.4, 0.5) is 0 Å². The molecule has 2 saturated heterocycles. The van der Waals surface area contributed by atoms with Crippen molar-refractivity contribution in [2.45, 2.75) is 32.8 Å². The standard InChI is InChI=1S/C23H33N3O4/c1-18(2)30-20-8-6-19(16-21(20)29-3)7-9-22(27)26-14-12-24(13-15-26)17-23(28)25-10-4-5-11-25/h6-9,16,18H,4-5,10-15,17H2,1-3H3/b9-7+. The minimum atomic E-state index is -0.0120. The van der Waals surface area contributed by atoms with E-state index >= 15 is 0 Å². The fourth-order valence-electron chi connectivity index (χ4n) is 3.80. The lowest BCUT2D eigenvalue weighted by atomic mass is 10.1. The minimum absolute atomic E-state index is 0.0120. The van der Waals surface area contributed by atoms with Gasteiger partial charge in [0.2, 0.25) is 11.8 Å². The lowest BCUT2D eigenvalue weighted by molar-refractivity contribution is -0.132. The van der Waals surface area contributed by atoms with E-state index in [0.717, 1.165) is 44.6 Å². The molecule has 3 rings (SSSR count). The largest absolute Gasteiger partial charge is 0.493 e. The molecule has 7 nitrogen and oxygen atoms in total. The molecule has 2 heterocycles. The second kappa shape index (κ2) is 10.5. The fourth-order valence-corrected chi connectivity index (χ4v) is 3.80. The van der Waals surface area contributed by atoms with Crippen molar-refractivity contribution in [3.63, 3.8) is 0 Å². The molecular formula is C23H33N3O4. The molecule has 2 aliphatic rings. The van der Waals surface area contributed by atoms with Crippen LogP contribution in [-0.2, 0) is 9.59 Å². The summed E-state index contributed by atoms with van der Waals surface area (Å²) in [7, 11) is 1.61. The van der Waals surface area contributed by atoms with Crippen LogP contribution < -0.4 is 9.47 Å². The molecular weight excluding hydrogens is 382 g/mol. The second-order valence-corrected chi connectivity index (χ2v) is 8.10. The summed E-state index contributed by atoms with van der Waals surface area (Å²) in [6.07, 6.45) is 5.68. The molecule has 2 aliphatic heterocycles. The monoisotopic (exact) mass is 415 g/mol. The number of piperazine rings is 1. The van der Waals surface area contributed by atoms with Crippen molar-refractivity contribution in [2.75, 3.05) is 52.9 Å². The molecule has 1 aromatic rings. The van der Waals surface area contributed by atoms with Crippen LogP contribution in [0.3, 0.4) is 0 Å². The first-order valence-electron chi connectivity index (χ1n) is 10.8. The summed E-state index contributed by atoms with van der Waals surface area (Å²) in [6, 6.07) is 5.63. The van der Waals surface area contributed by atoms with Gasteiger partial charge in [0.15, 0.2) is 11.5 Å². The van der Waals surface area contributed by atoms with Gasteiger partial charge in [0.05, 0.1) is 19.8 Å². The normalized spacial score (nSPS) is 17.7. The fraction of sp³-hybridized carbons (Fsp3) is 0.565. The summed E-state index contributed by atoms with van der Waals surface area (Å²) < 4.78 is 11.1. The highest BCUT2D eigenvalue weighted by atomic mass is 16.5. The molecule has 0 radical (unpaired) electrons. The summed E-state index contributed by atoms with van der Waals surface area (Å²) in [5.41, 5.74) is 0.881. The third kappa shape index (κ3) is 5.98. The van der Waals surface area contributed by atoms with E-state index < -0.39 is 0 Å². The van der Waals surface area contributed by atoms with E-state index in [4.69, 9.17) is 9.47 Å². The Morgan fingerprint density at radius 3 is 2.33 bits per heavy atom. The Morgan fingerprint density at radius 2 is 1.70 bits per heavy atom. The Hall–Kier alpha value is -2.54. The van der Waals surface area contributed by atoms with Crippen LogP contribution in [0.25, 0.3) is 6.08 Å². The Morgan fingerprint density at radius 1 is 1.00 bits per heavy atom. The van der Waals surface area contributed by atoms with Crippen LogP contribution in [-0.4, -0.2) is 85.5 Å². The number of ether oxygens (including phenoxy) is 2. The molecule has 0 spiro atoms. The first-order chi connectivity index (χ1) is 14.5. The van der Waals surface area contributed by atoms with Crippen molar-refractivity contribution < 1.29 is 19.1 Å². The number of hydrogen-bond donors (Lipinski definition) is 0. The third-order valence-corrected chi connectivity index (χ3v) is 5.47. The van der Waals surface area contributed by atoms with Crippen LogP contribution in [0.2, 0.25) is 0 Å². The Kier molecular flexibility index (Phi) is 7.74. The highest BCUT2D eigenvalue weighted by Gasteiger charge is 2.24. The van der Waals surface area contributed by atoms with Crippen LogP contribution in [0.5, 0.6) is 11.5 Å². The maximum absolute atomic E-state index is 12.6. The summed E-state index contributed by atoms with van der Waals surface area (Å²) in [5, 5.41) is 0. The van der Waals surface area contributed by atoms with Gasteiger partial charge in [0.25, 0.3) is 0 Å². The summed E-state index contributed by atoms with van der Waals surface area (Å²) in [5.74, 6) is 1.54. The number of rotatable bonds is 7. The maximum Gasteiger partial charge on any atom is 0.246 e. The molecule has 0 aliphatic carbocycles. The average Bonchev–Trinajstić information content (AvgIpc) is 3.28. The molecule has 30 heavy (non-hydrogen) atoms. The Bertz CT molecular complexity index is 764. The van der Waals surface area contributed by atoms with Crippen LogP contribution in [0.15, 0.2) is 24.3 Å². The molecule has 1 aromatic carbocycles. The minimum Gasteiger partial charge on any atom is -0.493 e. The first-order valence-corrected chi connectivity index (χ1v) is 10.8. The number of amides is 2. The predicted molar refractivity (Wildman–Crippen MR) is 117 cm³/mol. The molecule has 2 amide bonds. The molecule has 164 valence electrons. The predicted octanol–water partition coefficient (Wildman–Crippen LogP) is 2.26. The van der Waals surface area contributed by atoms with Crippen LogP contribution in [0, 0.1) is 0 Å². The van der Waals surface area contributed by atoms with Crippen molar-refractivity contribution in [1.82, 2.24) is 14.7 Å². The highest BCUT2D eigenvalue weighted by Crippen LogP contribution is 2.29. The molecule has 7 heteroatoms. The molecule has 0 N–H and O–H groups in total. The van der Waals surface area contributed by atoms with Gasteiger partial charge in [-0.25, -0.2) is 0 Å². The van der Waals surface area contributed by atoms with Gasteiger partial charge in [0.1, 0.15) is 0 Å². The summed E-state index contributed by atoms with van der Waals surface area (Å²) >= 11 is 0. The zero-order valence-electron chi connectivity index (χ0n) is 18.3. The van der Waals surface area contributed by atoms with Gasteiger partial charge in [-0.3, -0.25) is 14.5 Å². The van der Waals surface area contributed by atoms with Gasteiger partial charge in [0, 0.05) is 45.3 Å². The zero-order valence-corrected chi connectivity index (χ0v) is 18.3. The van der Waals surface area contributed by atoms with Gasteiger partial charge in [-0.1, -0.05) is 6.07 Å². The summed E-state index contributed by atoms with van der Waals surface area (Å²) in [4.78, 5) is 30.8. The first kappa shape index (κ1) is 22.2. The van der Waals surface area contributed by atoms with Gasteiger partial charge in [-0.2, -0.15) is 0 Å². The zero-order chi connectivity index (χ0) is 21.5. The van der Waals surface area contributed by atoms with Gasteiger partial charge in [-0.05, 0) is 50.5 Å². The van der Waals surface area contributed by atoms with Gasteiger partial charge < -0.3 is 19.3 Å².